The summed E-state index contributed by atoms with van der Waals surface area (Å²) >= 11 is 2.23. The van der Waals surface area contributed by atoms with Crippen LogP contribution in [0.5, 0.6) is 5.75 Å². The first-order valence-electron chi connectivity index (χ1n) is 8.72. The monoisotopic (exact) mass is 466 g/mol. The predicted molar refractivity (Wildman–Crippen MR) is 109 cm³/mol. The van der Waals surface area contributed by atoms with Gasteiger partial charge in [0.2, 0.25) is 0 Å². The van der Waals surface area contributed by atoms with Gasteiger partial charge in [0, 0.05) is 29.7 Å². The minimum Gasteiger partial charge on any atom is -0.484 e. The summed E-state index contributed by atoms with van der Waals surface area (Å²) in [7, 11) is 0. The molecule has 1 aliphatic heterocycles. The first-order valence-corrected chi connectivity index (χ1v) is 9.80. The zero-order chi connectivity index (χ0) is 18.2. The number of ether oxygens (including phenoxy) is 2. The van der Waals surface area contributed by atoms with Crippen molar-refractivity contribution < 1.29 is 14.3 Å². The summed E-state index contributed by atoms with van der Waals surface area (Å²) < 4.78 is 12.0. The standard InChI is InChI=1S/C20H23IN2O3/c21-18-4-6-19(7-5-18)26-15-20(24)22-13-16-2-1-3-17(12-16)14-23-8-10-25-11-9-23/h1-7,12H,8-11,13-15H2,(H,22,24). The fraction of sp³-hybridized carbons (Fsp3) is 0.350. The number of nitrogens with zero attached hydrogens (tertiary/aromatic N) is 1. The van der Waals surface area contributed by atoms with Gasteiger partial charge in [0.25, 0.3) is 5.91 Å². The molecule has 0 radical (unpaired) electrons. The van der Waals surface area contributed by atoms with E-state index < -0.39 is 0 Å². The Morgan fingerprint density at radius 2 is 1.85 bits per heavy atom. The van der Waals surface area contributed by atoms with E-state index in [1.807, 2.05) is 36.4 Å². The Labute approximate surface area is 167 Å². The molecule has 0 aliphatic carbocycles. The molecule has 1 aliphatic rings. The molecular weight excluding hydrogens is 443 g/mol. The van der Waals surface area contributed by atoms with Crippen molar-refractivity contribution >= 4 is 28.5 Å². The highest BCUT2D eigenvalue weighted by Crippen LogP contribution is 2.13. The highest BCUT2D eigenvalue weighted by atomic mass is 127. The second kappa shape index (κ2) is 9.89. The third-order valence-corrected chi connectivity index (χ3v) is 4.89. The molecule has 3 rings (SSSR count). The molecular formula is C20H23IN2O3. The van der Waals surface area contributed by atoms with Crippen molar-refractivity contribution in [2.45, 2.75) is 13.1 Å². The van der Waals surface area contributed by atoms with E-state index in [1.165, 1.54) is 5.56 Å². The summed E-state index contributed by atoms with van der Waals surface area (Å²) in [4.78, 5) is 14.4. The highest BCUT2D eigenvalue weighted by molar-refractivity contribution is 14.1. The van der Waals surface area contributed by atoms with Crippen molar-refractivity contribution in [2.75, 3.05) is 32.9 Å². The number of hydrogen-bond acceptors (Lipinski definition) is 4. The topological polar surface area (TPSA) is 50.8 Å². The third-order valence-electron chi connectivity index (χ3n) is 4.17. The second-order valence-electron chi connectivity index (χ2n) is 6.23. The Hall–Kier alpha value is -1.64. The van der Waals surface area contributed by atoms with Crippen molar-refractivity contribution in [2.24, 2.45) is 0 Å². The molecule has 138 valence electrons. The van der Waals surface area contributed by atoms with Gasteiger partial charge < -0.3 is 14.8 Å². The molecule has 0 atom stereocenters. The van der Waals surface area contributed by atoms with Crippen LogP contribution in [0.1, 0.15) is 11.1 Å². The van der Waals surface area contributed by atoms with Gasteiger partial charge in [-0.3, -0.25) is 9.69 Å². The van der Waals surface area contributed by atoms with E-state index in [2.05, 4.69) is 44.9 Å². The molecule has 1 saturated heterocycles. The van der Waals surface area contributed by atoms with Crippen LogP contribution in [0.3, 0.4) is 0 Å². The predicted octanol–water partition coefficient (Wildman–Crippen LogP) is 2.82. The van der Waals surface area contributed by atoms with E-state index in [-0.39, 0.29) is 12.5 Å². The average molecular weight is 466 g/mol. The van der Waals surface area contributed by atoms with Gasteiger partial charge in [-0.25, -0.2) is 0 Å². The number of carbonyl (C=O) groups excluding carboxylic acids is 1. The van der Waals surface area contributed by atoms with Gasteiger partial charge in [-0.05, 0) is 58.0 Å². The molecule has 0 unspecified atom stereocenters. The summed E-state index contributed by atoms with van der Waals surface area (Å²) in [6.07, 6.45) is 0. The van der Waals surface area contributed by atoms with Crippen LogP contribution in [0, 0.1) is 3.57 Å². The van der Waals surface area contributed by atoms with Gasteiger partial charge in [0.1, 0.15) is 5.75 Å². The van der Waals surface area contributed by atoms with Crippen LogP contribution >= 0.6 is 22.6 Å². The van der Waals surface area contributed by atoms with Gasteiger partial charge >= 0.3 is 0 Å². The van der Waals surface area contributed by atoms with Crippen LogP contribution in [0.25, 0.3) is 0 Å². The Kier molecular flexibility index (Phi) is 7.28. The number of nitrogens with one attached hydrogen (secondary N) is 1. The molecule has 0 saturated carbocycles. The first-order chi connectivity index (χ1) is 12.7. The van der Waals surface area contributed by atoms with Gasteiger partial charge in [0.05, 0.1) is 13.2 Å². The average Bonchev–Trinajstić information content (AvgIpc) is 2.67. The van der Waals surface area contributed by atoms with E-state index in [0.717, 1.165) is 42.0 Å². The van der Waals surface area contributed by atoms with Crippen LogP contribution in [-0.4, -0.2) is 43.7 Å². The van der Waals surface area contributed by atoms with E-state index in [0.29, 0.717) is 12.3 Å². The Morgan fingerprint density at radius 3 is 2.62 bits per heavy atom. The molecule has 2 aromatic carbocycles. The molecule has 6 heteroatoms. The van der Waals surface area contributed by atoms with Crippen LogP contribution in [0.4, 0.5) is 0 Å². The number of carbonyl (C=O) groups is 1. The molecule has 0 spiro atoms. The molecule has 2 aromatic rings. The van der Waals surface area contributed by atoms with Crippen molar-refractivity contribution in [3.05, 3.63) is 63.2 Å². The number of halogens is 1. The lowest BCUT2D eigenvalue weighted by Crippen LogP contribution is -2.35. The smallest absolute Gasteiger partial charge is 0.258 e. The lowest BCUT2D eigenvalue weighted by Gasteiger charge is -2.26. The molecule has 1 amide bonds. The summed E-state index contributed by atoms with van der Waals surface area (Å²) in [6.45, 7) is 4.99. The molecule has 26 heavy (non-hydrogen) atoms. The van der Waals surface area contributed by atoms with Crippen LogP contribution in [-0.2, 0) is 22.6 Å². The molecule has 1 heterocycles. The van der Waals surface area contributed by atoms with Crippen molar-refractivity contribution in [1.29, 1.82) is 0 Å². The summed E-state index contributed by atoms with van der Waals surface area (Å²) in [5.74, 6) is 0.579. The Bertz CT molecular complexity index is 715. The van der Waals surface area contributed by atoms with Crippen molar-refractivity contribution in [1.82, 2.24) is 10.2 Å². The lowest BCUT2D eigenvalue weighted by atomic mass is 10.1. The van der Waals surface area contributed by atoms with Crippen molar-refractivity contribution in [3.8, 4) is 5.75 Å². The normalized spacial score (nSPS) is 14.8. The van der Waals surface area contributed by atoms with Crippen LogP contribution in [0.15, 0.2) is 48.5 Å². The zero-order valence-corrected chi connectivity index (χ0v) is 16.8. The number of morpholine rings is 1. The minimum absolute atomic E-state index is 0.0219. The molecule has 5 nitrogen and oxygen atoms in total. The largest absolute Gasteiger partial charge is 0.484 e. The second-order valence-corrected chi connectivity index (χ2v) is 7.47. The van der Waals surface area contributed by atoms with Crippen LogP contribution in [0.2, 0.25) is 0 Å². The van der Waals surface area contributed by atoms with Gasteiger partial charge in [-0.2, -0.15) is 0 Å². The molecule has 1 fully saturated rings. The fourth-order valence-electron chi connectivity index (χ4n) is 2.79. The van der Waals surface area contributed by atoms with E-state index in [1.54, 1.807) is 0 Å². The quantitative estimate of drug-likeness (QED) is 0.638. The van der Waals surface area contributed by atoms with E-state index in [4.69, 9.17) is 9.47 Å². The van der Waals surface area contributed by atoms with Gasteiger partial charge in [-0.15, -0.1) is 0 Å². The van der Waals surface area contributed by atoms with Gasteiger partial charge in [-0.1, -0.05) is 24.3 Å². The highest BCUT2D eigenvalue weighted by Gasteiger charge is 2.11. The number of rotatable bonds is 7. The van der Waals surface area contributed by atoms with Gasteiger partial charge in [0.15, 0.2) is 6.61 Å². The fourth-order valence-corrected chi connectivity index (χ4v) is 3.15. The molecule has 1 N–H and O–H groups in total. The molecule has 0 aromatic heterocycles. The minimum atomic E-state index is -0.123. The zero-order valence-electron chi connectivity index (χ0n) is 14.6. The maximum atomic E-state index is 12.0. The number of amides is 1. The third kappa shape index (κ3) is 6.26. The lowest BCUT2D eigenvalue weighted by molar-refractivity contribution is -0.123. The number of benzene rings is 2. The van der Waals surface area contributed by atoms with E-state index >= 15 is 0 Å². The number of hydrogen-bond donors (Lipinski definition) is 1. The van der Waals surface area contributed by atoms with E-state index in [9.17, 15) is 4.79 Å². The van der Waals surface area contributed by atoms with Crippen LogP contribution < -0.4 is 10.1 Å². The summed E-state index contributed by atoms with van der Waals surface area (Å²) in [5.41, 5.74) is 2.35. The first kappa shape index (κ1) is 19.1. The summed E-state index contributed by atoms with van der Waals surface area (Å²) in [5, 5.41) is 2.91. The summed E-state index contributed by atoms with van der Waals surface area (Å²) in [6, 6.07) is 16.0. The SMILES string of the molecule is O=C(COc1ccc(I)cc1)NCc1cccc(CN2CCOCC2)c1. The maximum Gasteiger partial charge on any atom is 0.258 e. The maximum absolute atomic E-state index is 12.0. The van der Waals surface area contributed by atoms with Crippen molar-refractivity contribution in [3.63, 3.8) is 0 Å². The molecule has 0 bridgehead atoms. The Morgan fingerprint density at radius 1 is 1.12 bits per heavy atom. The Balaban J connectivity index is 1.44.